The lowest BCUT2D eigenvalue weighted by Crippen LogP contribution is -2.05. The van der Waals surface area contributed by atoms with E-state index in [2.05, 4.69) is 15.0 Å². The van der Waals surface area contributed by atoms with Gasteiger partial charge in [0.15, 0.2) is 23.1 Å². The number of rotatable bonds is 3. The van der Waals surface area contributed by atoms with Gasteiger partial charge in [0.2, 0.25) is 0 Å². The van der Waals surface area contributed by atoms with Crippen LogP contribution in [0.3, 0.4) is 0 Å². The molecule has 1 aromatic carbocycles. The molecule has 0 radical (unpaired) electrons. The summed E-state index contributed by atoms with van der Waals surface area (Å²) in [6.45, 7) is 1.75. The van der Waals surface area contributed by atoms with Crippen LogP contribution in [-0.4, -0.2) is 27.6 Å². The summed E-state index contributed by atoms with van der Waals surface area (Å²) < 4.78 is 44.8. The zero-order chi connectivity index (χ0) is 14.0. The van der Waals surface area contributed by atoms with E-state index in [1.165, 1.54) is 0 Å². The van der Waals surface area contributed by atoms with Gasteiger partial charge in [-0.2, -0.15) is 0 Å². The molecule has 0 spiro atoms. The Hall–Kier alpha value is -2.38. The fraction of sp³-hybridized carbons (Fsp3) is 0.182. The fourth-order valence-electron chi connectivity index (χ4n) is 1.37. The van der Waals surface area contributed by atoms with Crippen molar-refractivity contribution in [2.75, 3.05) is 6.61 Å². The van der Waals surface area contributed by atoms with Gasteiger partial charge in [0, 0.05) is 12.1 Å². The number of nitrogens with zero attached hydrogens (tertiary/aromatic N) is 3. The van der Waals surface area contributed by atoms with Crippen molar-refractivity contribution >= 4 is 5.97 Å². The number of hydrogen-bond donors (Lipinski definition) is 0. The van der Waals surface area contributed by atoms with Crippen molar-refractivity contribution in [3.63, 3.8) is 0 Å². The van der Waals surface area contributed by atoms with Crippen LogP contribution in [-0.2, 0) is 4.74 Å². The lowest BCUT2D eigenvalue weighted by Gasteiger charge is -2.02. The third-order valence-corrected chi connectivity index (χ3v) is 2.21. The lowest BCUT2D eigenvalue weighted by molar-refractivity contribution is 0.0519. The Kier molecular flexibility index (Phi) is 3.50. The van der Waals surface area contributed by atoms with Crippen LogP contribution in [0.25, 0.3) is 5.69 Å². The maximum atomic E-state index is 13.5. The van der Waals surface area contributed by atoms with Crippen molar-refractivity contribution in [3.05, 3.63) is 41.5 Å². The summed E-state index contributed by atoms with van der Waals surface area (Å²) in [5.74, 6) is -4.31. The second-order valence-corrected chi connectivity index (χ2v) is 3.49. The van der Waals surface area contributed by atoms with Crippen molar-refractivity contribution in [1.29, 1.82) is 0 Å². The molecular weight excluding hydrogens is 263 g/mol. The molecule has 0 N–H and O–H groups in total. The number of aromatic nitrogens is 3. The second kappa shape index (κ2) is 5.09. The summed E-state index contributed by atoms with van der Waals surface area (Å²) in [6, 6.07) is 1.00. The minimum Gasteiger partial charge on any atom is -0.461 e. The third kappa shape index (κ3) is 2.56. The molecule has 0 atom stereocenters. The monoisotopic (exact) mass is 271 g/mol. The first-order valence-corrected chi connectivity index (χ1v) is 5.27. The summed E-state index contributed by atoms with van der Waals surface area (Å²) in [5, 5.41) is 6.92. The normalized spacial score (nSPS) is 10.5. The smallest absolute Gasteiger partial charge is 0.360 e. The van der Waals surface area contributed by atoms with E-state index in [1.807, 2.05) is 0 Å². The highest BCUT2D eigenvalue weighted by molar-refractivity contribution is 5.86. The van der Waals surface area contributed by atoms with E-state index in [9.17, 15) is 18.0 Å². The Morgan fingerprint density at radius 1 is 1.26 bits per heavy atom. The molecule has 2 aromatic rings. The predicted molar refractivity (Wildman–Crippen MR) is 57.2 cm³/mol. The highest BCUT2D eigenvalue weighted by atomic mass is 19.2. The number of carbonyl (C=O) groups is 1. The average Bonchev–Trinajstić information content (AvgIpc) is 2.83. The molecule has 0 aliphatic rings. The van der Waals surface area contributed by atoms with Crippen molar-refractivity contribution in [2.24, 2.45) is 0 Å². The van der Waals surface area contributed by atoms with E-state index in [-0.39, 0.29) is 18.0 Å². The van der Waals surface area contributed by atoms with Gasteiger partial charge < -0.3 is 4.74 Å². The quantitative estimate of drug-likeness (QED) is 0.631. The minimum absolute atomic E-state index is 0.144. The van der Waals surface area contributed by atoms with Crippen LogP contribution in [0.2, 0.25) is 0 Å². The number of hydrogen-bond acceptors (Lipinski definition) is 4. The molecule has 0 unspecified atom stereocenters. The van der Waals surface area contributed by atoms with Crippen LogP contribution in [0.1, 0.15) is 17.4 Å². The van der Waals surface area contributed by atoms with Crippen molar-refractivity contribution in [2.45, 2.75) is 6.92 Å². The summed E-state index contributed by atoms with van der Waals surface area (Å²) in [7, 11) is 0. The molecule has 0 saturated heterocycles. The zero-order valence-corrected chi connectivity index (χ0v) is 9.73. The van der Waals surface area contributed by atoms with Crippen LogP contribution in [0.4, 0.5) is 13.2 Å². The second-order valence-electron chi connectivity index (χ2n) is 3.49. The third-order valence-electron chi connectivity index (χ3n) is 2.21. The molecule has 0 aliphatic carbocycles. The number of carbonyl (C=O) groups excluding carboxylic acids is 1. The molecule has 100 valence electrons. The zero-order valence-electron chi connectivity index (χ0n) is 9.73. The first kappa shape index (κ1) is 13.1. The van der Waals surface area contributed by atoms with Gasteiger partial charge >= 0.3 is 5.97 Å². The van der Waals surface area contributed by atoms with Gasteiger partial charge in [-0.05, 0) is 6.92 Å². The maximum Gasteiger partial charge on any atom is 0.360 e. The minimum atomic E-state index is -1.31. The van der Waals surface area contributed by atoms with E-state index in [0.717, 1.165) is 10.9 Å². The van der Waals surface area contributed by atoms with Crippen molar-refractivity contribution in [3.8, 4) is 5.69 Å². The fourth-order valence-corrected chi connectivity index (χ4v) is 1.37. The highest BCUT2D eigenvalue weighted by Gasteiger charge is 2.16. The summed E-state index contributed by atoms with van der Waals surface area (Å²) in [6.07, 6.45) is 1.06. The topological polar surface area (TPSA) is 57.0 Å². The molecule has 5 nitrogen and oxygen atoms in total. The van der Waals surface area contributed by atoms with Crippen LogP contribution >= 0.6 is 0 Å². The Bertz CT molecular complexity index is 628. The highest BCUT2D eigenvalue weighted by Crippen LogP contribution is 2.17. The van der Waals surface area contributed by atoms with Gasteiger partial charge in [-0.15, -0.1) is 5.10 Å². The van der Waals surface area contributed by atoms with Crippen LogP contribution in [0, 0.1) is 17.5 Å². The molecule has 0 bridgehead atoms. The molecule has 1 aromatic heterocycles. The first-order chi connectivity index (χ1) is 9.02. The van der Waals surface area contributed by atoms with Gasteiger partial charge in [-0.3, -0.25) is 0 Å². The Balaban J connectivity index is 2.38. The standard InChI is InChI=1S/C11H8F3N3O2/c1-2-19-11(18)9-5-17(16-15-9)10-4-7(13)6(12)3-8(10)14/h3-5H,2H2,1H3. The van der Waals surface area contributed by atoms with Gasteiger partial charge in [-0.1, -0.05) is 5.21 Å². The summed E-state index contributed by atoms with van der Waals surface area (Å²) in [4.78, 5) is 11.3. The maximum absolute atomic E-state index is 13.5. The first-order valence-electron chi connectivity index (χ1n) is 5.27. The Morgan fingerprint density at radius 3 is 2.63 bits per heavy atom. The summed E-state index contributed by atoms with van der Waals surface area (Å²) >= 11 is 0. The van der Waals surface area contributed by atoms with Gasteiger partial charge in [0.1, 0.15) is 5.69 Å². The Labute approximate surface area is 105 Å². The molecule has 8 heteroatoms. The van der Waals surface area contributed by atoms with E-state index in [4.69, 9.17) is 0 Å². The molecule has 0 aliphatic heterocycles. The van der Waals surface area contributed by atoms with Crippen LogP contribution in [0.15, 0.2) is 18.3 Å². The van der Waals surface area contributed by atoms with E-state index >= 15 is 0 Å². The predicted octanol–water partition coefficient (Wildman–Crippen LogP) is 1.86. The number of ether oxygens (including phenoxy) is 1. The molecule has 0 fully saturated rings. The largest absolute Gasteiger partial charge is 0.461 e. The summed E-state index contributed by atoms with van der Waals surface area (Å²) in [5.41, 5.74) is -0.520. The lowest BCUT2D eigenvalue weighted by atomic mass is 10.3. The Morgan fingerprint density at radius 2 is 1.95 bits per heavy atom. The van der Waals surface area contributed by atoms with Crippen LogP contribution < -0.4 is 0 Å². The average molecular weight is 271 g/mol. The molecule has 0 saturated carbocycles. The number of halogens is 3. The van der Waals surface area contributed by atoms with E-state index in [1.54, 1.807) is 6.92 Å². The number of benzene rings is 1. The van der Waals surface area contributed by atoms with Crippen LogP contribution in [0.5, 0.6) is 0 Å². The van der Waals surface area contributed by atoms with E-state index < -0.39 is 23.4 Å². The van der Waals surface area contributed by atoms with E-state index in [0.29, 0.717) is 12.1 Å². The van der Waals surface area contributed by atoms with Crippen molar-refractivity contribution in [1.82, 2.24) is 15.0 Å². The molecule has 2 rings (SSSR count). The molecule has 1 heterocycles. The molecular formula is C11H8F3N3O2. The van der Waals surface area contributed by atoms with Gasteiger partial charge in [-0.25, -0.2) is 22.6 Å². The van der Waals surface area contributed by atoms with Gasteiger partial charge in [0.05, 0.1) is 12.8 Å². The van der Waals surface area contributed by atoms with Gasteiger partial charge in [0.25, 0.3) is 0 Å². The molecule has 19 heavy (non-hydrogen) atoms. The number of esters is 1. The SMILES string of the molecule is CCOC(=O)c1cn(-c2cc(F)c(F)cc2F)nn1. The van der Waals surface area contributed by atoms with Crippen molar-refractivity contribution < 1.29 is 22.7 Å². The molecule has 0 amide bonds.